The molecule has 1 amide bonds. The Kier molecular flexibility index (Phi) is 6.19. The molecule has 0 bridgehead atoms. The molecule has 2 atom stereocenters. The molecule has 2 aliphatic heterocycles. The van der Waals surface area contributed by atoms with Gasteiger partial charge in [-0.05, 0) is 36.8 Å². The lowest BCUT2D eigenvalue weighted by Gasteiger charge is -2.39. The fourth-order valence-corrected chi connectivity index (χ4v) is 3.93. The number of hydrogen-bond donors (Lipinski definition) is 1. The van der Waals surface area contributed by atoms with Crippen molar-refractivity contribution in [2.24, 2.45) is 11.8 Å². The number of carbonyl (C=O) groups is 1. The molecule has 1 aromatic carbocycles. The van der Waals surface area contributed by atoms with E-state index in [0.29, 0.717) is 38.8 Å². The average molecular weight is 371 g/mol. The third-order valence-electron chi connectivity index (χ3n) is 5.29. The van der Waals surface area contributed by atoms with Gasteiger partial charge in [-0.15, -0.1) is 0 Å². The third-order valence-corrected chi connectivity index (χ3v) is 5.29. The van der Waals surface area contributed by atoms with Crippen LogP contribution in [0.25, 0.3) is 0 Å². The molecule has 3 rings (SSSR count). The zero-order chi connectivity index (χ0) is 18.6. The molecule has 0 saturated carbocycles. The lowest BCUT2D eigenvalue weighted by atomic mass is 9.79. The first-order valence-electron chi connectivity index (χ1n) is 9.05. The van der Waals surface area contributed by atoms with Crippen molar-refractivity contribution in [1.29, 1.82) is 0 Å². The highest BCUT2D eigenvalue weighted by molar-refractivity contribution is 5.79. The van der Waals surface area contributed by atoms with Gasteiger partial charge in [0.1, 0.15) is 0 Å². The Labute approximate surface area is 151 Å². The molecule has 0 radical (unpaired) electrons. The number of rotatable bonds is 4. The molecule has 7 heteroatoms. The van der Waals surface area contributed by atoms with Gasteiger partial charge in [0, 0.05) is 31.8 Å². The van der Waals surface area contributed by atoms with Crippen molar-refractivity contribution in [3.05, 3.63) is 35.4 Å². The van der Waals surface area contributed by atoms with Gasteiger partial charge in [0.05, 0.1) is 18.6 Å². The minimum Gasteiger partial charge on any atom is -0.381 e. The van der Waals surface area contributed by atoms with Crippen LogP contribution < -0.4 is 5.32 Å². The molecule has 4 nitrogen and oxygen atoms in total. The minimum atomic E-state index is -4.46. The van der Waals surface area contributed by atoms with E-state index in [0.717, 1.165) is 18.9 Å². The van der Waals surface area contributed by atoms with Gasteiger partial charge in [-0.2, -0.15) is 13.2 Å². The highest BCUT2D eigenvalue weighted by Crippen LogP contribution is 2.33. The molecule has 1 N–H and O–H groups in total. The van der Waals surface area contributed by atoms with Crippen molar-refractivity contribution in [2.75, 3.05) is 26.4 Å². The largest absolute Gasteiger partial charge is 0.416 e. The molecule has 1 aromatic rings. The van der Waals surface area contributed by atoms with Crippen molar-refractivity contribution >= 4 is 5.91 Å². The van der Waals surface area contributed by atoms with Gasteiger partial charge in [0.15, 0.2) is 0 Å². The topological polar surface area (TPSA) is 47.6 Å². The number of amides is 1. The summed E-state index contributed by atoms with van der Waals surface area (Å²) in [6, 6.07) is 5.18. The second kappa shape index (κ2) is 8.39. The fourth-order valence-electron chi connectivity index (χ4n) is 3.93. The quantitative estimate of drug-likeness (QED) is 0.884. The van der Waals surface area contributed by atoms with Crippen molar-refractivity contribution in [3.63, 3.8) is 0 Å². The van der Waals surface area contributed by atoms with Gasteiger partial charge in [-0.25, -0.2) is 0 Å². The molecule has 2 fully saturated rings. The molecule has 26 heavy (non-hydrogen) atoms. The number of nitrogens with one attached hydrogen (secondary N) is 1. The predicted octanol–water partition coefficient (Wildman–Crippen LogP) is 3.20. The Morgan fingerprint density at radius 3 is 2.50 bits per heavy atom. The standard InChI is InChI=1S/C19H24F3NO3/c20-19(21,22)16-4-2-1-3-14(16)11-18(24)23-17-7-10-26-12-15(17)13-5-8-25-9-6-13/h1-4,13,15,17H,5-12H2,(H,23,24)/t15-,17-/m1/s1. The van der Waals surface area contributed by atoms with Gasteiger partial charge in [0.2, 0.25) is 5.91 Å². The van der Waals surface area contributed by atoms with Crippen LogP contribution in [0.1, 0.15) is 30.4 Å². The number of carbonyl (C=O) groups excluding carboxylic acids is 1. The van der Waals surface area contributed by atoms with Crippen LogP contribution in [0, 0.1) is 11.8 Å². The van der Waals surface area contributed by atoms with Crippen LogP contribution in [0.15, 0.2) is 24.3 Å². The maximum absolute atomic E-state index is 13.1. The second-order valence-electron chi connectivity index (χ2n) is 6.98. The lowest BCUT2D eigenvalue weighted by molar-refractivity contribution is -0.138. The van der Waals surface area contributed by atoms with Crippen LogP contribution in [0.2, 0.25) is 0 Å². The fraction of sp³-hybridized carbons (Fsp3) is 0.632. The first kappa shape index (κ1) is 19.2. The summed E-state index contributed by atoms with van der Waals surface area (Å²) in [5.74, 6) is 0.233. The summed E-state index contributed by atoms with van der Waals surface area (Å²) in [6.07, 6.45) is -2.18. The van der Waals surface area contributed by atoms with E-state index < -0.39 is 11.7 Å². The molecule has 144 valence electrons. The smallest absolute Gasteiger partial charge is 0.381 e. The third kappa shape index (κ3) is 4.76. The van der Waals surface area contributed by atoms with Gasteiger partial charge in [-0.3, -0.25) is 4.79 Å². The van der Waals surface area contributed by atoms with Gasteiger partial charge in [-0.1, -0.05) is 18.2 Å². The molecule has 2 saturated heterocycles. The van der Waals surface area contributed by atoms with Crippen LogP contribution in [-0.2, 0) is 26.9 Å². The average Bonchev–Trinajstić information content (AvgIpc) is 2.62. The molecule has 0 aromatic heterocycles. The predicted molar refractivity (Wildman–Crippen MR) is 89.5 cm³/mol. The summed E-state index contributed by atoms with van der Waals surface area (Å²) in [5, 5.41) is 2.97. The van der Waals surface area contributed by atoms with Crippen LogP contribution in [-0.4, -0.2) is 38.4 Å². The van der Waals surface area contributed by atoms with Crippen molar-refractivity contribution in [1.82, 2.24) is 5.32 Å². The van der Waals surface area contributed by atoms with Gasteiger partial charge < -0.3 is 14.8 Å². The number of alkyl halides is 3. The van der Waals surface area contributed by atoms with Crippen LogP contribution in [0.3, 0.4) is 0 Å². The first-order valence-corrected chi connectivity index (χ1v) is 9.05. The van der Waals surface area contributed by atoms with Gasteiger partial charge >= 0.3 is 6.18 Å². The Hall–Kier alpha value is -1.60. The van der Waals surface area contributed by atoms with Crippen molar-refractivity contribution in [3.8, 4) is 0 Å². The second-order valence-corrected chi connectivity index (χ2v) is 6.98. The van der Waals surface area contributed by atoms with Crippen LogP contribution in [0.5, 0.6) is 0 Å². The summed E-state index contributed by atoms with van der Waals surface area (Å²) in [5.41, 5.74) is -0.740. The summed E-state index contributed by atoms with van der Waals surface area (Å²) < 4.78 is 50.3. The number of ether oxygens (including phenoxy) is 2. The van der Waals surface area contributed by atoms with Crippen molar-refractivity contribution < 1.29 is 27.4 Å². The zero-order valence-corrected chi connectivity index (χ0v) is 14.6. The monoisotopic (exact) mass is 371 g/mol. The normalized spacial score (nSPS) is 25.0. The van der Waals surface area contributed by atoms with E-state index in [2.05, 4.69) is 5.32 Å². The maximum Gasteiger partial charge on any atom is 0.416 e. The van der Waals surface area contributed by atoms with E-state index in [4.69, 9.17) is 9.47 Å². The highest BCUT2D eigenvalue weighted by Gasteiger charge is 2.36. The van der Waals surface area contributed by atoms with E-state index in [-0.39, 0.29) is 29.9 Å². The molecular formula is C19H24F3NO3. The first-order chi connectivity index (χ1) is 12.4. The number of halogens is 3. The Bertz CT molecular complexity index is 614. The van der Waals surface area contributed by atoms with Crippen LogP contribution in [0.4, 0.5) is 13.2 Å². The molecule has 2 heterocycles. The van der Waals surface area contributed by atoms with E-state index >= 15 is 0 Å². The maximum atomic E-state index is 13.1. The number of benzene rings is 1. The Balaban J connectivity index is 1.65. The van der Waals surface area contributed by atoms with E-state index in [1.807, 2.05) is 0 Å². The molecule has 2 aliphatic rings. The zero-order valence-electron chi connectivity index (χ0n) is 14.6. The van der Waals surface area contributed by atoms with E-state index in [1.165, 1.54) is 18.2 Å². The van der Waals surface area contributed by atoms with E-state index in [1.54, 1.807) is 0 Å². The summed E-state index contributed by atoms with van der Waals surface area (Å²) in [7, 11) is 0. The number of hydrogen-bond acceptors (Lipinski definition) is 3. The molecular weight excluding hydrogens is 347 g/mol. The SMILES string of the molecule is O=C(Cc1ccccc1C(F)(F)F)N[C@@H]1CCOC[C@@H]1C1CCOCC1. The minimum absolute atomic E-state index is 0.00664. The summed E-state index contributed by atoms with van der Waals surface area (Å²) in [4.78, 5) is 12.4. The highest BCUT2D eigenvalue weighted by atomic mass is 19.4. The summed E-state index contributed by atoms with van der Waals surface area (Å²) >= 11 is 0. The van der Waals surface area contributed by atoms with Crippen molar-refractivity contribution in [2.45, 2.75) is 37.9 Å². The lowest BCUT2D eigenvalue weighted by Crippen LogP contribution is -2.49. The Morgan fingerprint density at radius 1 is 1.08 bits per heavy atom. The van der Waals surface area contributed by atoms with Gasteiger partial charge in [0.25, 0.3) is 0 Å². The van der Waals surface area contributed by atoms with E-state index in [9.17, 15) is 18.0 Å². The molecule has 0 aliphatic carbocycles. The van der Waals surface area contributed by atoms with Crippen LogP contribution >= 0.6 is 0 Å². The Morgan fingerprint density at radius 2 is 1.77 bits per heavy atom. The molecule has 0 spiro atoms. The summed E-state index contributed by atoms with van der Waals surface area (Å²) in [6.45, 7) is 2.56. The molecule has 0 unspecified atom stereocenters.